The van der Waals surface area contributed by atoms with Gasteiger partial charge in [-0.25, -0.2) is 8.78 Å². The first kappa shape index (κ1) is 21.2. The molecule has 0 saturated heterocycles. The summed E-state index contributed by atoms with van der Waals surface area (Å²) >= 11 is 0. The molecule has 156 valence electrons. The van der Waals surface area contributed by atoms with Gasteiger partial charge in [0.2, 0.25) is 0 Å². The van der Waals surface area contributed by atoms with Crippen molar-refractivity contribution in [2.75, 3.05) is 13.7 Å². The van der Waals surface area contributed by atoms with Crippen LogP contribution in [-0.4, -0.2) is 29.4 Å². The minimum atomic E-state index is -0.691. The molecule has 0 fully saturated rings. The topological polar surface area (TPSA) is 51.7 Å². The van der Waals surface area contributed by atoms with Crippen molar-refractivity contribution in [3.05, 3.63) is 89.2 Å². The molecule has 0 unspecified atom stereocenters. The van der Waals surface area contributed by atoms with Gasteiger partial charge in [0.15, 0.2) is 11.5 Å². The van der Waals surface area contributed by atoms with E-state index in [1.165, 1.54) is 11.0 Å². The normalized spacial score (nSPS) is 10.5. The quantitative estimate of drug-likeness (QED) is 0.542. The van der Waals surface area contributed by atoms with E-state index in [2.05, 4.69) is 4.98 Å². The molecule has 1 aromatic heterocycles. The molecule has 0 N–H and O–H groups in total. The van der Waals surface area contributed by atoms with Gasteiger partial charge in [-0.05, 0) is 37.3 Å². The van der Waals surface area contributed by atoms with E-state index in [0.717, 1.165) is 17.7 Å². The second-order valence-electron chi connectivity index (χ2n) is 6.64. The summed E-state index contributed by atoms with van der Waals surface area (Å²) in [5, 5.41) is 0. The third-order valence-corrected chi connectivity index (χ3v) is 4.38. The molecule has 0 spiro atoms. The van der Waals surface area contributed by atoms with Crippen LogP contribution >= 0.6 is 0 Å². The van der Waals surface area contributed by atoms with Gasteiger partial charge in [-0.1, -0.05) is 12.1 Å². The number of hydrogen-bond acceptors (Lipinski definition) is 4. The van der Waals surface area contributed by atoms with Crippen molar-refractivity contribution in [2.45, 2.75) is 20.1 Å². The monoisotopic (exact) mass is 412 g/mol. The summed E-state index contributed by atoms with van der Waals surface area (Å²) in [5.74, 6) is -0.728. The number of pyridine rings is 1. The van der Waals surface area contributed by atoms with Gasteiger partial charge in [0.25, 0.3) is 5.91 Å². The lowest BCUT2D eigenvalue weighted by molar-refractivity contribution is 0.0783. The van der Waals surface area contributed by atoms with Crippen LogP contribution in [0, 0.1) is 11.6 Å². The molecule has 0 bridgehead atoms. The lowest BCUT2D eigenvalue weighted by Gasteiger charge is -2.19. The van der Waals surface area contributed by atoms with Crippen LogP contribution < -0.4 is 9.47 Å². The van der Waals surface area contributed by atoms with Gasteiger partial charge < -0.3 is 14.4 Å². The third-order valence-electron chi connectivity index (χ3n) is 4.38. The fourth-order valence-electron chi connectivity index (χ4n) is 2.87. The Kier molecular flexibility index (Phi) is 6.95. The Labute approximate surface area is 173 Å². The SMILES string of the molecule is CCOc1cc(C(=O)N(C)Cc2ccc(F)cc2F)ccc1OCc1cccnc1. The van der Waals surface area contributed by atoms with E-state index in [1.54, 1.807) is 37.6 Å². The van der Waals surface area contributed by atoms with Crippen LogP contribution in [0.25, 0.3) is 0 Å². The number of rotatable bonds is 8. The lowest BCUT2D eigenvalue weighted by Crippen LogP contribution is -2.26. The first-order chi connectivity index (χ1) is 14.5. The Morgan fingerprint density at radius 3 is 2.60 bits per heavy atom. The fourth-order valence-corrected chi connectivity index (χ4v) is 2.87. The molecule has 2 aromatic carbocycles. The Hall–Kier alpha value is -3.48. The molecular weight excluding hydrogens is 390 g/mol. The van der Waals surface area contributed by atoms with Gasteiger partial charge in [0.1, 0.15) is 18.2 Å². The first-order valence-electron chi connectivity index (χ1n) is 9.46. The number of carbonyl (C=O) groups is 1. The van der Waals surface area contributed by atoms with Crippen LogP contribution in [0.2, 0.25) is 0 Å². The number of benzene rings is 2. The number of amides is 1. The van der Waals surface area contributed by atoms with Crippen LogP contribution in [0.4, 0.5) is 8.78 Å². The Balaban J connectivity index is 1.74. The average Bonchev–Trinajstić information content (AvgIpc) is 2.75. The van der Waals surface area contributed by atoms with Gasteiger partial charge >= 0.3 is 0 Å². The standard InChI is InChI=1S/C23H22F2N2O3/c1-3-29-22-11-17(7-9-21(22)30-15-16-5-4-10-26-13-16)23(28)27(2)14-18-6-8-19(24)12-20(18)25/h4-13H,3,14-15H2,1-2H3. The summed E-state index contributed by atoms with van der Waals surface area (Å²) in [6, 6.07) is 11.9. The van der Waals surface area contributed by atoms with Crippen molar-refractivity contribution in [1.82, 2.24) is 9.88 Å². The van der Waals surface area contributed by atoms with E-state index >= 15 is 0 Å². The second kappa shape index (κ2) is 9.82. The van der Waals surface area contributed by atoms with Gasteiger partial charge in [-0.3, -0.25) is 9.78 Å². The zero-order chi connectivity index (χ0) is 21.5. The maximum Gasteiger partial charge on any atom is 0.254 e. The lowest BCUT2D eigenvalue weighted by atomic mass is 10.1. The Morgan fingerprint density at radius 2 is 1.90 bits per heavy atom. The van der Waals surface area contributed by atoms with E-state index in [1.807, 2.05) is 19.1 Å². The van der Waals surface area contributed by atoms with Crippen LogP contribution in [0.5, 0.6) is 11.5 Å². The van der Waals surface area contributed by atoms with Crippen molar-refractivity contribution >= 4 is 5.91 Å². The molecule has 5 nitrogen and oxygen atoms in total. The molecule has 30 heavy (non-hydrogen) atoms. The number of nitrogens with zero attached hydrogens (tertiary/aromatic N) is 2. The molecule has 3 aromatic rings. The molecule has 0 saturated carbocycles. The van der Waals surface area contributed by atoms with Crippen LogP contribution in [0.1, 0.15) is 28.4 Å². The summed E-state index contributed by atoms with van der Waals surface area (Å²) in [7, 11) is 1.55. The molecule has 1 heterocycles. The highest BCUT2D eigenvalue weighted by molar-refractivity contribution is 5.94. The minimum absolute atomic E-state index is 0.00811. The molecule has 3 rings (SSSR count). The van der Waals surface area contributed by atoms with Crippen molar-refractivity contribution < 1.29 is 23.0 Å². The summed E-state index contributed by atoms with van der Waals surface area (Å²) in [6.07, 6.45) is 3.39. The maximum atomic E-state index is 13.9. The number of ether oxygens (including phenoxy) is 2. The third kappa shape index (κ3) is 5.31. The predicted molar refractivity (Wildman–Crippen MR) is 108 cm³/mol. The highest BCUT2D eigenvalue weighted by Crippen LogP contribution is 2.30. The van der Waals surface area contributed by atoms with E-state index in [-0.39, 0.29) is 18.0 Å². The van der Waals surface area contributed by atoms with Crippen LogP contribution in [0.15, 0.2) is 60.9 Å². The van der Waals surface area contributed by atoms with Gasteiger partial charge in [-0.2, -0.15) is 0 Å². The molecule has 0 atom stereocenters. The van der Waals surface area contributed by atoms with Crippen LogP contribution in [-0.2, 0) is 13.2 Å². The number of carbonyl (C=O) groups excluding carboxylic acids is 1. The van der Waals surface area contributed by atoms with E-state index in [4.69, 9.17) is 9.47 Å². The van der Waals surface area contributed by atoms with Gasteiger partial charge in [0.05, 0.1) is 6.61 Å². The van der Waals surface area contributed by atoms with Gasteiger partial charge in [0, 0.05) is 48.7 Å². The summed E-state index contributed by atoms with van der Waals surface area (Å²) in [5.41, 5.74) is 1.51. The summed E-state index contributed by atoms with van der Waals surface area (Å²) in [4.78, 5) is 18.2. The molecular formula is C23H22F2N2O3. The number of halogens is 2. The zero-order valence-corrected chi connectivity index (χ0v) is 16.8. The van der Waals surface area contributed by atoms with Crippen molar-refractivity contribution in [1.29, 1.82) is 0 Å². The first-order valence-corrected chi connectivity index (χ1v) is 9.46. The highest BCUT2D eigenvalue weighted by atomic mass is 19.1. The summed E-state index contributed by atoms with van der Waals surface area (Å²) in [6.45, 7) is 2.56. The number of hydrogen-bond donors (Lipinski definition) is 0. The maximum absolute atomic E-state index is 13.9. The largest absolute Gasteiger partial charge is 0.490 e. The number of aromatic nitrogens is 1. The predicted octanol–water partition coefficient (Wildman–Crippen LogP) is 4.61. The van der Waals surface area contributed by atoms with E-state index in [0.29, 0.717) is 30.3 Å². The van der Waals surface area contributed by atoms with Gasteiger partial charge in [-0.15, -0.1) is 0 Å². The van der Waals surface area contributed by atoms with E-state index < -0.39 is 11.6 Å². The van der Waals surface area contributed by atoms with E-state index in [9.17, 15) is 13.6 Å². The summed E-state index contributed by atoms with van der Waals surface area (Å²) < 4.78 is 38.4. The molecule has 0 radical (unpaired) electrons. The van der Waals surface area contributed by atoms with Crippen molar-refractivity contribution in [3.8, 4) is 11.5 Å². The molecule has 1 amide bonds. The molecule has 0 aliphatic carbocycles. The minimum Gasteiger partial charge on any atom is -0.490 e. The zero-order valence-electron chi connectivity index (χ0n) is 16.8. The average molecular weight is 412 g/mol. The molecule has 0 aliphatic rings. The van der Waals surface area contributed by atoms with Crippen molar-refractivity contribution in [3.63, 3.8) is 0 Å². The smallest absolute Gasteiger partial charge is 0.254 e. The van der Waals surface area contributed by atoms with Crippen LogP contribution in [0.3, 0.4) is 0 Å². The van der Waals surface area contributed by atoms with Crippen molar-refractivity contribution in [2.24, 2.45) is 0 Å². The fraction of sp³-hybridized carbons (Fsp3) is 0.217. The Morgan fingerprint density at radius 1 is 1.07 bits per heavy atom. The molecule has 0 aliphatic heterocycles. The second-order valence-corrected chi connectivity index (χ2v) is 6.64. The molecule has 7 heteroatoms. The Bertz CT molecular complexity index is 1010. The highest BCUT2D eigenvalue weighted by Gasteiger charge is 2.17.